The lowest BCUT2D eigenvalue weighted by Gasteiger charge is -2.18. The molecule has 1 heterocycles. The largest absolute Gasteiger partial charge is 0.388 e. The van der Waals surface area contributed by atoms with Gasteiger partial charge in [-0.25, -0.2) is 0 Å². The van der Waals surface area contributed by atoms with E-state index in [1.54, 1.807) is 11.3 Å². The summed E-state index contributed by atoms with van der Waals surface area (Å²) in [4.78, 5) is 3.30. The molecular formula is C15H19NOS. The predicted octanol–water partition coefficient (Wildman–Crippen LogP) is 3.30. The standard InChI is InChI=1S/C15H19NOS/c1-16(12-13-6-3-2-4-7-13)10-9-14(17)15-8-5-11-18-15/h2-8,11,14,17H,9-10,12H2,1H3/t14-/m0/s1. The summed E-state index contributed by atoms with van der Waals surface area (Å²) in [5.74, 6) is 0. The molecule has 2 aromatic rings. The van der Waals surface area contributed by atoms with E-state index in [1.807, 2.05) is 23.6 Å². The highest BCUT2D eigenvalue weighted by atomic mass is 32.1. The van der Waals surface area contributed by atoms with E-state index in [9.17, 15) is 5.11 Å². The Hall–Kier alpha value is -1.16. The van der Waals surface area contributed by atoms with Crippen LogP contribution in [0.3, 0.4) is 0 Å². The second kappa shape index (κ2) is 6.69. The maximum Gasteiger partial charge on any atom is 0.0894 e. The fraction of sp³-hybridized carbons (Fsp3) is 0.333. The topological polar surface area (TPSA) is 23.5 Å². The number of aliphatic hydroxyl groups is 1. The molecule has 2 nitrogen and oxygen atoms in total. The third kappa shape index (κ3) is 3.95. The van der Waals surface area contributed by atoms with Crippen molar-refractivity contribution in [1.82, 2.24) is 4.90 Å². The quantitative estimate of drug-likeness (QED) is 0.862. The Balaban J connectivity index is 1.77. The van der Waals surface area contributed by atoms with Gasteiger partial charge in [-0.1, -0.05) is 36.4 Å². The van der Waals surface area contributed by atoms with Crippen molar-refractivity contribution in [1.29, 1.82) is 0 Å². The number of benzene rings is 1. The zero-order chi connectivity index (χ0) is 12.8. The lowest BCUT2D eigenvalue weighted by atomic mass is 10.2. The van der Waals surface area contributed by atoms with Crippen molar-refractivity contribution >= 4 is 11.3 Å². The summed E-state index contributed by atoms with van der Waals surface area (Å²) in [6, 6.07) is 14.4. The van der Waals surface area contributed by atoms with Crippen LogP contribution in [0.1, 0.15) is 23.0 Å². The van der Waals surface area contributed by atoms with Crippen molar-refractivity contribution in [3.63, 3.8) is 0 Å². The average molecular weight is 261 g/mol. The van der Waals surface area contributed by atoms with E-state index in [4.69, 9.17) is 0 Å². The molecule has 0 aliphatic carbocycles. The highest BCUT2D eigenvalue weighted by Crippen LogP contribution is 2.21. The van der Waals surface area contributed by atoms with Crippen molar-refractivity contribution in [2.75, 3.05) is 13.6 Å². The summed E-state index contributed by atoms with van der Waals surface area (Å²) < 4.78 is 0. The molecule has 1 N–H and O–H groups in total. The van der Waals surface area contributed by atoms with Gasteiger partial charge in [-0.05, 0) is 30.5 Å². The number of thiophene rings is 1. The van der Waals surface area contributed by atoms with Crippen molar-refractivity contribution in [2.24, 2.45) is 0 Å². The molecule has 0 aliphatic rings. The summed E-state index contributed by atoms with van der Waals surface area (Å²) in [5.41, 5.74) is 1.31. The fourth-order valence-corrected chi connectivity index (χ4v) is 2.69. The first-order valence-electron chi connectivity index (χ1n) is 6.19. The molecule has 3 heteroatoms. The van der Waals surface area contributed by atoms with Crippen LogP contribution in [0.4, 0.5) is 0 Å². The third-order valence-electron chi connectivity index (χ3n) is 2.95. The van der Waals surface area contributed by atoms with E-state index in [0.717, 1.165) is 24.4 Å². The predicted molar refractivity (Wildman–Crippen MR) is 76.7 cm³/mol. The lowest BCUT2D eigenvalue weighted by molar-refractivity contribution is 0.151. The van der Waals surface area contributed by atoms with E-state index >= 15 is 0 Å². The molecule has 0 bridgehead atoms. The van der Waals surface area contributed by atoms with Gasteiger partial charge in [0.25, 0.3) is 0 Å². The molecule has 0 fully saturated rings. The van der Waals surface area contributed by atoms with Crippen molar-refractivity contribution < 1.29 is 5.11 Å². The van der Waals surface area contributed by atoms with Crippen LogP contribution >= 0.6 is 11.3 Å². The molecule has 2 rings (SSSR count). The minimum Gasteiger partial charge on any atom is -0.388 e. The maximum absolute atomic E-state index is 10.0. The van der Waals surface area contributed by atoms with E-state index in [0.29, 0.717) is 0 Å². The lowest BCUT2D eigenvalue weighted by Crippen LogP contribution is -2.20. The number of hydrogen-bond acceptors (Lipinski definition) is 3. The Morgan fingerprint density at radius 3 is 2.61 bits per heavy atom. The van der Waals surface area contributed by atoms with E-state index in [1.165, 1.54) is 5.56 Å². The first-order valence-corrected chi connectivity index (χ1v) is 7.07. The fourth-order valence-electron chi connectivity index (χ4n) is 1.94. The molecular weight excluding hydrogens is 242 g/mol. The van der Waals surface area contributed by atoms with Crippen LogP contribution in [0.25, 0.3) is 0 Å². The first kappa shape index (κ1) is 13.3. The monoisotopic (exact) mass is 261 g/mol. The van der Waals surface area contributed by atoms with Crippen LogP contribution in [0.15, 0.2) is 47.8 Å². The maximum atomic E-state index is 10.0. The van der Waals surface area contributed by atoms with Gasteiger partial charge >= 0.3 is 0 Å². The van der Waals surface area contributed by atoms with Gasteiger partial charge in [0.15, 0.2) is 0 Å². The van der Waals surface area contributed by atoms with Crippen LogP contribution in [-0.4, -0.2) is 23.6 Å². The van der Waals surface area contributed by atoms with Gasteiger partial charge in [0, 0.05) is 18.0 Å². The van der Waals surface area contributed by atoms with Gasteiger partial charge in [-0.2, -0.15) is 0 Å². The van der Waals surface area contributed by atoms with Crippen LogP contribution in [0.2, 0.25) is 0 Å². The van der Waals surface area contributed by atoms with Gasteiger partial charge in [0.1, 0.15) is 0 Å². The summed E-state index contributed by atoms with van der Waals surface area (Å²) in [6.45, 7) is 1.83. The molecule has 0 aliphatic heterocycles. The summed E-state index contributed by atoms with van der Waals surface area (Å²) in [5, 5.41) is 12.0. The van der Waals surface area contributed by atoms with Crippen LogP contribution in [0, 0.1) is 0 Å². The second-order valence-electron chi connectivity index (χ2n) is 4.54. The van der Waals surface area contributed by atoms with E-state index < -0.39 is 0 Å². The van der Waals surface area contributed by atoms with E-state index in [-0.39, 0.29) is 6.10 Å². The summed E-state index contributed by atoms with van der Waals surface area (Å²) >= 11 is 1.62. The zero-order valence-electron chi connectivity index (χ0n) is 10.6. The average Bonchev–Trinajstić information content (AvgIpc) is 2.91. The minimum atomic E-state index is -0.330. The molecule has 0 saturated carbocycles. The number of rotatable bonds is 6. The summed E-state index contributed by atoms with van der Waals surface area (Å²) in [7, 11) is 2.09. The molecule has 0 unspecified atom stereocenters. The van der Waals surface area contributed by atoms with Gasteiger partial charge in [0.2, 0.25) is 0 Å². The number of hydrogen-bond donors (Lipinski definition) is 1. The molecule has 1 aromatic heterocycles. The molecule has 0 spiro atoms. The third-order valence-corrected chi connectivity index (χ3v) is 3.92. The SMILES string of the molecule is CN(CC[C@H](O)c1cccs1)Cc1ccccc1. The van der Waals surface area contributed by atoms with Gasteiger partial charge in [-0.3, -0.25) is 0 Å². The highest BCUT2D eigenvalue weighted by Gasteiger charge is 2.09. The van der Waals surface area contributed by atoms with Gasteiger partial charge in [0.05, 0.1) is 6.10 Å². The minimum absolute atomic E-state index is 0.330. The van der Waals surface area contributed by atoms with Crippen molar-refractivity contribution in [3.8, 4) is 0 Å². The number of aliphatic hydroxyl groups excluding tert-OH is 1. The van der Waals surface area contributed by atoms with E-state index in [2.05, 4.69) is 36.2 Å². The number of nitrogens with zero attached hydrogens (tertiary/aromatic N) is 1. The Morgan fingerprint density at radius 2 is 1.94 bits per heavy atom. The van der Waals surface area contributed by atoms with Crippen molar-refractivity contribution in [2.45, 2.75) is 19.1 Å². The highest BCUT2D eigenvalue weighted by molar-refractivity contribution is 7.10. The van der Waals surface area contributed by atoms with Gasteiger partial charge in [-0.15, -0.1) is 11.3 Å². The Labute approximate surface area is 113 Å². The molecule has 0 amide bonds. The van der Waals surface area contributed by atoms with Crippen LogP contribution < -0.4 is 0 Å². The molecule has 0 radical (unpaired) electrons. The molecule has 18 heavy (non-hydrogen) atoms. The summed E-state index contributed by atoms with van der Waals surface area (Å²) in [6.07, 6.45) is 0.451. The van der Waals surface area contributed by atoms with Crippen LogP contribution in [0.5, 0.6) is 0 Å². The molecule has 1 atom stereocenters. The molecule has 96 valence electrons. The Kier molecular flexibility index (Phi) is 4.93. The molecule has 1 aromatic carbocycles. The van der Waals surface area contributed by atoms with Crippen molar-refractivity contribution in [3.05, 3.63) is 58.3 Å². The molecule has 0 saturated heterocycles. The van der Waals surface area contributed by atoms with Crippen LogP contribution in [-0.2, 0) is 6.54 Å². The Morgan fingerprint density at radius 1 is 1.17 bits per heavy atom. The smallest absolute Gasteiger partial charge is 0.0894 e. The first-order chi connectivity index (χ1) is 8.75. The van der Waals surface area contributed by atoms with Gasteiger partial charge < -0.3 is 10.0 Å². The second-order valence-corrected chi connectivity index (χ2v) is 5.52. The zero-order valence-corrected chi connectivity index (χ0v) is 11.4. The normalized spacial score (nSPS) is 12.8. The Bertz CT molecular complexity index is 441.